The Morgan fingerprint density at radius 2 is 1.17 bits per heavy atom. The molecule has 30 heavy (non-hydrogen) atoms. The van der Waals surface area contributed by atoms with Crippen LogP contribution in [0.4, 0.5) is 0 Å². The van der Waals surface area contributed by atoms with E-state index in [0.717, 1.165) is 23.0 Å². The van der Waals surface area contributed by atoms with Gasteiger partial charge in [-0.15, -0.1) is 0 Å². The molecular weight excluding hydrogens is 521 g/mol. The van der Waals surface area contributed by atoms with Gasteiger partial charge in [0.15, 0.2) is 0 Å². The first-order valence-corrected chi connectivity index (χ1v) is 17.9. The summed E-state index contributed by atoms with van der Waals surface area (Å²) in [7, 11) is 3.06. The molecule has 0 atom stereocenters. The van der Waals surface area contributed by atoms with Crippen molar-refractivity contribution in [3.8, 4) is 0 Å². The monoisotopic (exact) mass is 542 g/mol. The highest BCUT2D eigenvalue weighted by atomic mass is 33.6. The second kappa shape index (κ2) is 11.5. The molecule has 2 aromatic carbocycles. The quantitative estimate of drug-likeness (QED) is 0.251. The summed E-state index contributed by atoms with van der Waals surface area (Å²) in [5, 5.41) is 9.21. The van der Waals surface area contributed by atoms with Gasteiger partial charge in [0.1, 0.15) is 0 Å². The zero-order valence-electron chi connectivity index (χ0n) is 16.1. The van der Waals surface area contributed by atoms with Crippen molar-refractivity contribution in [1.82, 2.24) is 0 Å². The average molecular weight is 543 g/mol. The normalized spacial score (nSPS) is 18.3. The number of rotatable bonds is 8. The number of hydrogen-bond acceptors (Lipinski definition) is 7. The molecule has 0 nitrogen and oxygen atoms in total. The number of benzene rings is 2. The molecule has 2 aromatic rings. The molecule has 0 unspecified atom stereocenters. The fourth-order valence-electron chi connectivity index (χ4n) is 2.99. The van der Waals surface area contributed by atoms with Gasteiger partial charge in [-0.3, -0.25) is 0 Å². The van der Waals surface area contributed by atoms with Crippen LogP contribution in [0.5, 0.6) is 0 Å². The van der Waals surface area contributed by atoms with Crippen LogP contribution in [-0.2, 0) is 23.0 Å². The average Bonchev–Trinajstić information content (AvgIpc) is 3.47. The minimum absolute atomic E-state index is 0.787. The molecule has 8 heteroatoms. The second-order valence-electron chi connectivity index (χ2n) is 6.40. The second-order valence-corrected chi connectivity index (χ2v) is 18.3. The van der Waals surface area contributed by atoms with Crippen molar-refractivity contribution in [2.45, 2.75) is 23.0 Å². The summed E-state index contributed by atoms with van der Waals surface area (Å²) in [6.45, 7) is 0. The highest BCUT2D eigenvalue weighted by molar-refractivity contribution is 9.28. The van der Waals surface area contributed by atoms with Crippen molar-refractivity contribution in [2.75, 3.05) is 0 Å². The van der Waals surface area contributed by atoms with Crippen LogP contribution in [-0.4, -0.2) is 0 Å². The number of hydrogen-bond donors (Lipinski definition) is 2. The van der Waals surface area contributed by atoms with Gasteiger partial charge in [-0.25, -0.2) is 0 Å². The van der Waals surface area contributed by atoms with Crippen LogP contribution in [0.25, 0.3) is 0 Å². The van der Waals surface area contributed by atoms with Crippen molar-refractivity contribution < 1.29 is 0 Å². The standard InChI is InChI=1S/C22H22S8/c23-13-17-5-1-3-7-19(17)15-28-30(12-11-27-22(30)21-25-9-10-26-21)29-16-20-8-4-2-6-18(20)14-24/h1-12,23-24H,13-16H2. The molecular formula is C22H22S8. The smallest absolute Gasteiger partial charge is 0.0696 e. The predicted molar refractivity (Wildman–Crippen MR) is 157 cm³/mol. The Balaban J connectivity index is 1.61. The van der Waals surface area contributed by atoms with Gasteiger partial charge in [0.05, 0.1) is 8.47 Å². The minimum atomic E-state index is -1.17. The third-order valence-electron chi connectivity index (χ3n) is 4.60. The van der Waals surface area contributed by atoms with E-state index >= 15 is 0 Å². The summed E-state index contributed by atoms with van der Waals surface area (Å²) in [4.78, 5) is 0. The molecule has 2 aliphatic heterocycles. The van der Waals surface area contributed by atoms with Crippen LogP contribution in [0.3, 0.4) is 0 Å². The third kappa shape index (κ3) is 5.50. The molecule has 0 radical (unpaired) electrons. The van der Waals surface area contributed by atoms with Crippen LogP contribution in [0.15, 0.2) is 78.6 Å². The first kappa shape index (κ1) is 23.6. The fourth-order valence-corrected chi connectivity index (χ4v) is 18.7. The van der Waals surface area contributed by atoms with Gasteiger partial charge < -0.3 is 0 Å². The van der Waals surface area contributed by atoms with E-state index in [9.17, 15) is 0 Å². The van der Waals surface area contributed by atoms with E-state index in [1.54, 1.807) is 4.24 Å². The van der Waals surface area contributed by atoms with Crippen molar-refractivity contribution >= 4 is 90.2 Å². The Morgan fingerprint density at radius 3 is 1.67 bits per heavy atom. The van der Waals surface area contributed by atoms with E-state index in [0.29, 0.717) is 0 Å². The van der Waals surface area contributed by atoms with E-state index in [2.05, 4.69) is 117 Å². The van der Waals surface area contributed by atoms with Crippen LogP contribution in [0, 0.1) is 0 Å². The molecule has 158 valence electrons. The summed E-state index contributed by atoms with van der Waals surface area (Å²) in [6.07, 6.45) is 0. The Bertz CT molecular complexity index is 917. The molecule has 0 bridgehead atoms. The molecule has 0 amide bonds. The van der Waals surface area contributed by atoms with Gasteiger partial charge in [-0.05, 0) is 43.9 Å². The van der Waals surface area contributed by atoms with Crippen LogP contribution < -0.4 is 0 Å². The van der Waals surface area contributed by atoms with Gasteiger partial charge in [0, 0.05) is 23.0 Å². The lowest BCUT2D eigenvalue weighted by atomic mass is 10.1. The zero-order valence-corrected chi connectivity index (χ0v) is 22.8. The van der Waals surface area contributed by atoms with Gasteiger partial charge in [-0.1, -0.05) is 113 Å². The molecule has 0 spiro atoms. The lowest BCUT2D eigenvalue weighted by Crippen LogP contribution is -1.95. The van der Waals surface area contributed by atoms with Gasteiger partial charge >= 0.3 is 0 Å². The SMILES string of the molecule is SCc1ccccc1CSS1(SCc2ccccc2CS)C=CSC1=C1SC=CS1. The molecule has 0 aliphatic carbocycles. The van der Waals surface area contributed by atoms with Gasteiger partial charge in [0.25, 0.3) is 0 Å². The Labute approximate surface area is 212 Å². The molecule has 2 heterocycles. The molecule has 4 rings (SSSR count). The topological polar surface area (TPSA) is 0 Å². The lowest BCUT2D eigenvalue weighted by Gasteiger charge is -2.34. The Hall–Kier alpha value is 0.460. The van der Waals surface area contributed by atoms with E-state index in [-0.39, 0.29) is 0 Å². The maximum absolute atomic E-state index is 4.55. The summed E-state index contributed by atoms with van der Waals surface area (Å²) in [6, 6.07) is 17.4. The maximum atomic E-state index is 4.55. The Kier molecular flexibility index (Phi) is 9.09. The first-order valence-electron chi connectivity index (χ1n) is 9.29. The van der Waals surface area contributed by atoms with Crippen molar-refractivity contribution in [2.24, 2.45) is 0 Å². The highest BCUT2D eigenvalue weighted by Gasteiger charge is 2.35. The van der Waals surface area contributed by atoms with Crippen LogP contribution in [0.1, 0.15) is 22.3 Å². The Morgan fingerprint density at radius 1 is 0.667 bits per heavy atom. The molecule has 0 aromatic heterocycles. The van der Waals surface area contributed by atoms with Crippen molar-refractivity contribution in [1.29, 1.82) is 0 Å². The summed E-state index contributed by atoms with van der Waals surface area (Å²) < 4.78 is 2.99. The van der Waals surface area contributed by atoms with E-state index in [1.165, 1.54) is 26.5 Å². The summed E-state index contributed by atoms with van der Waals surface area (Å²) in [5.74, 6) is 3.60. The molecule has 2 aliphatic rings. The van der Waals surface area contributed by atoms with Crippen LogP contribution >= 0.6 is 90.2 Å². The molecule has 0 saturated heterocycles. The number of thiol groups is 2. The predicted octanol–water partition coefficient (Wildman–Crippen LogP) is 9.64. The van der Waals surface area contributed by atoms with E-state index in [1.807, 2.05) is 35.3 Å². The van der Waals surface area contributed by atoms with Crippen LogP contribution in [0.2, 0.25) is 0 Å². The van der Waals surface area contributed by atoms with Gasteiger partial charge in [0.2, 0.25) is 0 Å². The van der Waals surface area contributed by atoms with Crippen molar-refractivity contribution in [3.63, 3.8) is 0 Å². The van der Waals surface area contributed by atoms with E-state index in [4.69, 9.17) is 0 Å². The summed E-state index contributed by atoms with van der Waals surface area (Å²) in [5.41, 5.74) is 5.48. The maximum Gasteiger partial charge on any atom is 0.0696 e. The molecule has 0 saturated carbocycles. The van der Waals surface area contributed by atoms with E-state index < -0.39 is 8.09 Å². The largest absolute Gasteiger partial charge is 0.175 e. The fraction of sp³-hybridized carbons (Fsp3) is 0.182. The molecule has 0 fully saturated rings. The molecule has 0 N–H and O–H groups in total. The summed E-state index contributed by atoms with van der Waals surface area (Å²) >= 11 is 14.8. The minimum Gasteiger partial charge on any atom is -0.175 e. The van der Waals surface area contributed by atoms with Gasteiger partial charge in [-0.2, -0.15) is 25.3 Å². The lowest BCUT2D eigenvalue weighted by molar-refractivity contribution is 1.29. The number of thioether (sulfide) groups is 3. The van der Waals surface area contributed by atoms with Crippen molar-refractivity contribution in [3.05, 3.63) is 101 Å². The highest BCUT2D eigenvalue weighted by Crippen LogP contribution is 2.84. The first-order chi connectivity index (χ1) is 14.8. The zero-order chi connectivity index (χ0) is 20.8. The third-order valence-corrected chi connectivity index (χ3v) is 19.5.